The lowest BCUT2D eigenvalue weighted by atomic mass is 9.89. The molecular weight excluding hydrogens is 331 g/mol. The van der Waals surface area contributed by atoms with Crippen LogP contribution in [0.4, 0.5) is 10.3 Å². The summed E-state index contributed by atoms with van der Waals surface area (Å²) < 4.78 is 14.4. The smallest absolute Gasteiger partial charge is 0.225 e. The van der Waals surface area contributed by atoms with Crippen LogP contribution in [0.1, 0.15) is 37.8 Å². The monoisotopic (exact) mass is 356 g/mol. The predicted octanol–water partition coefficient (Wildman–Crippen LogP) is 3.46. The molecule has 0 aliphatic carbocycles. The van der Waals surface area contributed by atoms with E-state index in [1.165, 1.54) is 6.07 Å². The standard InChI is InChI=1S/C20H25FN4O/c1-4-18(26)25-11-7-8-14(13-25)19-16(12-22-20(23-19)24(2)3)15-9-5-6-10-17(15)21/h5-6,9-10,12,14H,4,7-8,11,13H2,1-3H3/t14-/m0/s1. The van der Waals surface area contributed by atoms with E-state index in [0.717, 1.165) is 25.1 Å². The van der Waals surface area contributed by atoms with Crippen LogP contribution in [-0.2, 0) is 4.79 Å². The topological polar surface area (TPSA) is 49.3 Å². The maximum atomic E-state index is 14.4. The van der Waals surface area contributed by atoms with Gasteiger partial charge in [-0.3, -0.25) is 4.79 Å². The average molecular weight is 356 g/mol. The fraction of sp³-hybridized carbons (Fsp3) is 0.450. The number of rotatable bonds is 4. The molecule has 0 N–H and O–H groups in total. The quantitative estimate of drug-likeness (QED) is 0.842. The second-order valence-electron chi connectivity index (χ2n) is 6.88. The first-order valence-corrected chi connectivity index (χ1v) is 9.08. The third kappa shape index (κ3) is 3.69. The number of benzene rings is 1. The van der Waals surface area contributed by atoms with E-state index in [1.807, 2.05) is 36.9 Å². The second kappa shape index (κ2) is 7.81. The van der Waals surface area contributed by atoms with E-state index in [2.05, 4.69) is 4.98 Å². The Hall–Kier alpha value is -2.50. The number of likely N-dealkylation sites (tertiary alicyclic amines) is 1. The number of nitrogens with zero attached hydrogens (tertiary/aromatic N) is 4. The molecule has 3 rings (SSSR count). The minimum Gasteiger partial charge on any atom is -0.347 e. The molecule has 1 amide bonds. The minimum atomic E-state index is -0.285. The molecule has 0 radical (unpaired) electrons. The van der Waals surface area contributed by atoms with Crippen LogP contribution in [0.5, 0.6) is 0 Å². The Morgan fingerprint density at radius 2 is 2.08 bits per heavy atom. The van der Waals surface area contributed by atoms with Crippen molar-refractivity contribution in [1.82, 2.24) is 14.9 Å². The maximum Gasteiger partial charge on any atom is 0.225 e. The molecule has 1 aromatic heterocycles. The average Bonchev–Trinajstić information content (AvgIpc) is 2.67. The number of piperidine rings is 1. The van der Waals surface area contributed by atoms with Crippen molar-refractivity contribution >= 4 is 11.9 Å². The Bertz CT molecular complexity index is 793. The summed E-state index contributed by atoms with van der Waals surface area (Å²) in [5, 5.41) is 0. The molecule has 1 aromatic carbocycles. The van der Waals surface area contributed by atoms with Crippen LogP contribution in [0, 0.1) is 5.82 Å². The summed E-state index contributed by atoms with van der Waals surface area (Å²) in [6.07, 6.45) is 4.06. The highest BCUT2D eigenvalue weighted by Crippen LogP contribution is 2.35. The van der Waals surface area contributed by atoms with Crippen molar-refractivity contribution in [2.45, 2.75) is 32.1 Å². The Balaban J connectivity index is 2.04. The largest absolute Gasteiger partial charge is 0.347 e. The lowest BCUT2D eigenvalue weighted by molar-refractivity contribution is -0.132. The van der Waals surface area contributed by atoms with Crippen LogP contribution in [0.2, 0.25) is 0 Å². The van der Waals surface area contributed by atoms with Gasteiger partial charge in [-0.05, 0) is 18.9 Å². The zero-order valence-corrected chi connectivity index (χ0v) is 15.6. The SMILES string of the molecule is CCC(=O)N1CCC[C@H](c2nc(N(C)C)ncc2-c2ccccc2F)C1. The lowest BCUT2D eigenvalue weighted by Gasteiger charge is -2.33. The molecule has 0 saturated carbocycles. The number of carbonyl (C=O) groups is 1. The summed E-state index contributed by atoms with van der Waals surface area (Å²) in [5.74, 6) is 0.547. The zero-order chi connectivity index (χ0) is 18.7. The molecule has 2 aromatic rings. The predicted molar refractivity (Wildman–Crippen MR) is 101 cm³/mol. The van der Waals surface area contributed by atoms with Gasteiger partial charge >= 0.3 is 0 Å². The summed E-state index contributed by atoms with van der Waals surface area (Å²) >= 11 is 0. The fourth-order valence-electron chi connectivity index (χ4n) is 3.45. The fourth-order valence-corrected chi connectivity index (χ4v) is 3.45. The highest BCUT2D eigenvalue weighted by molar-refractivity contribution is 5.76. The van der Waals surface area contributed by atoms with E-state index >= 15 is 0 Å². The van der Waals surface area contributed by atoms with Gasteiger partial charge in [0.15, 0.2) is 0 Å². The molecule has 1 aliphatic heterocycles. The van der Waals surface area contributed by atoms with E-state index in [-0.39, 0.29) is 17.6 Å². The van der Waals surface area contributed by atoms with Gasteiger partial charge in [0.25, 0.3) is 0 Å². The minimum absolute atomic E-state index is 0.0792. The summed E-state index contributed by atoms with van der Waals surface area (Å²) in [4.78, 5) is 25.0. The molecule has 1 fully saturated rings. The molecular formula is C20H25FN4O. The van der Waals surface area contributed by atoms with E-state index in [4.69, 9.17) is 4.98 Å². The molecule has 138 valence electrons. The molecule has 1 aliphatic rings. The first kappa shape index (κ1) is 18.3. The van der Waals surface area contributed by atoms with Crippen LogP contribution >= 0.6 is 0 Å². The first-order valence-electron chi connectivity index (χ1n) is 9.08. The second-order valence-corrected chi connectivity index (χ2v) is 6.88. The molecule has 5 nitrogen and oxygen atoms in total. The number of anilines is 1. The van der Waals surface area contributed by atoms with Gasteiger partial charge in [0.1, 0.15) is 5.82 Å². The van der Waals surface area contributed by atoms with Crippen molar-refractivity contribution in [3.63, 3.8) is 0 Å². The van der Waals surface area contributed by atoms with E-state index in [0.29, 0.717) is 30.0 Å². The van der Waals surface area contributed by atoms with Crippen molar-refractivity contribution < 1.29 is 9.18 Å². The van der Waals surface area contributed by atoms with Crippen molar-refractivity contribution in [3.05, 3.63) is 42.0 Å². The third-order valence-corrected chi connectivity index (χ3v) is 4.83. The van der Waals surface area contributed by atoms with Gasteiger partial charge in [-0.15, -0.1) is 0 Å². The molecule has 6 heteroatoms. The van der Waals surface area contributed by atoms with Gasteiger partial charge in [0.05, 0.1) is 5.69 Å². The molecule has 2 heterocycles. The van der Waals surface area contributed by atoms with Crippen molar-refractivity contribution in [3.8, 4) is 11.1 Å². The Morgan fingerprint density at radius 1 is 1.31 bits per heavy atom. The van der Waals surface area contributed by atoms with Gasteiger partial charge in [0, 0.05) is 56.8 Å². The van der Waals surface area contributed by atoms with Gasteiger partial charge in [-0.25, -0.2) is 14.4 Å². The van der Waals surface area contributed by atoms with Crippen molar-refractivity contribution in [1.29, 1.82) is 0 Å². The summed E-state index contributed by atoms with van der Waals surface area (Å²) in [7, 11) is 3.77. The van der Waals surface area contributed by atoms with Crippen LogP contribution < -0.4 is 4.90 Å². The maximum absolute atomic E-state index is 14.4. The number of hydrogen-bond donors (Lipinski definition) is 0. The van der Waals surface area contributed by atoms with Crippen LogP contribution in [0.3, 0.4) is 0 Å². The number of carbonyl (C=O) groups excluding carboxylic acids is 1. The summed E-state index contributed by atoms with van der Waals surface area (Å²) in [5.41, 5.74) is 2.04. The normalized spacial score (nSPS) is 17.2. The first-order chi connectivity index (χ1) is 12.5. The van der Waals surface area contributed by atoms with Gasteiger partial charge in [-0.2, -0.15) is 0 Å². The molecule has 0 bridgehead atoms. The zero-order valence-electron chi connectivity index (χ0n) is 15.6. The van der Waals surface area contributed by atoms with Crippen LogP contribution in [0.15, 0.2) is 30.5 Å². The Labute approximate surface area is 153 Å². The number of aromatic nitrogens is 2. The van der Waals surface area contributed by atoms with E-state index in [1.54, 1.807) is 18.3 Å². The molecule has 0 unspecified atom stereocenters. The van der Waals surface area contributed by atoms with Gasteiger partial charge in [0.2, 0.25) is 11.9 Å². The highest BCUT2D eigenvalue weighted by Gasteiger charge is 2.28. The number of amides is 1. The Morgan fingerprint density at radius 3 is 2.77 bits per heavy atom. The number of halogens is 1. The third-order valence-electron chi connectivity index (χ3n) is 4.83. The van der Waals surface area contributed by atoms with Gasteiger partial charge in [-0.1, -0.05) is 25.1 Å². The lowest BCUT2D eigenvalue weighted by Crippen LogP contribution is -2.39. The molecule has 1 atom stereocenters. The highest BCUT2D eigenvalue weighted by atomic mass is 19.1. The summed E-state index contributed by atoms with van der Waals surface area (Å²) in [6.45, 7) is 3.29. The number of hydrogen-bond acceptors (Lipinski definition) is 4. The van der Waals surface area contributed by atoms with E-state index < -0.39 is 0 Å². The molecule has 0 spiro atoms. The van der Waals surface area contributed by atoms with Crippen molar-refractivity contribution in [2.24, 2.45) is 0 Å². The molecule has 26 heavy (non-hydrogen) atoms. The summed E-state index contributed by atoms with van der Waals surface area (Å²) in [6, 6.07) is 6.70. The van der Waals surface area contributed by atoms with Crippen LogP contribution in [0.25, 0.3) is 11.1 Å². The van der Waals surface area contributed by atoms with Crippen molar-refractivity contribution in [2.75, 3.05) is 32.1 Å². The Kier molecular flexibility index (Phi) is 5.49. The molecule has 1 saturated heterocycles. The van der Waals surface area contributed by atoms with E-state index in [9.17, 15) is 9.18 Å². The van der Waals surface area contributed by atoms with Gasteiger partial charge < -0.3 is 9.80 Å². The van der Waals surface area contributed by atoms with Crippen LogP contribution in [-0.4, -0.2) is 48.0 Å².